The van der Waals surface area contributed by atoms with Gasteiger partial charge in [-0.05, 0) is 31.9 Å². The van der Waals surface area contributed by atoms with E-state index in [1.807, 2.05) is 4.90 Å². The Balaban J connectivity index is 2.45. The summed E-state index contributed by atoms with van der Waals surface area (Å²) in [6.45, 7) is 3.17. The minimum atomic E-state index is -4.62. The summed E-state index contributed by atoms with van der Waals surface area (Å²) >= 11 is 6.00. The van der Waals surface area contributed by atoms with E-state index in [9.17, 15) is 18.0 Å². The highest BCUT2D eigenvalue weighted by Crippen LogP contribution is 2.42. The van der Waals surface area contributed by atoms with Crippen molar-refractivity contribution in [1.82, 2.24) is 4.90 Å². The number of carbonyl (C=O) groups excluding carboxylic acids is 1. The van der Waals surface area contributed by atoms with Crippen molar-refractivity contribution >= 4 is 29.6 Å². The third-order valence-corrected chi connectivity index (χ3v) is 3.79. The molecule has 1 fully saturated rings. The molecule has 126 valence electrons. The highest BCUT2D eigenvalue weighted by Gasteiger charge is 2.35. The van der Waals surface area contributed by atoms with E-state index in [-0.39, 0.29) is 17.2 Å². The van der Waals surface area contributed by atoms with Crippen LogP contribution in [0, 0.1) is 0 Å². The van der Waals surface area contributed by atoms with Crippen LogP contribution in [-0.2, 0) is 10.9 Å². The molecule has 0 spiro atoms. The molecule has 0 unspecified atom stereocenters. The molecule has 0 N–H and O–H groups in total. The van der Waals surface area contributed by atoms with Gasteiger partial charge in [0, 0.05) is 13.1 Å². The number of rotatable bonds is 4. The number of esters is 1. The van der Waals surface area contributed by atoms with Gasteiger partial charge in [0.15, 0.2) is 0 Å². The highest BCUT2D eigenvalue weighted by molar-refractivity contribution is 6.36. The van der Waals surface area contributed by atoms with E-state index in [1.54, 1.807) is 6.92 Å². The van der Waals surface area contributed by atoms with Gasteiger partial charge in [-0.25, -0.2) is 9.79 Å². The molecular weight excluding hydrogens is 333 g/mol. The van der Waals surface area contributed by atoms with Crippen LogP contribution in [0.1, 0.15) is 35.7 Å². The lowest BCUT2D eigenvalue weighted by molar-refractivity contribution is -0.137. The molecule has 1 aromatic rings. The van der Waals surface area contributed by atoms with Crippen LogP contribution in [-0.4, -0.2) is 36.9 Å². The number of hydrogen-bond acceptors (Lipinski definition) is 3. The second kappa shape index (κ2) is 7.21. The van der Waals surface area contributed by atoms with Gasteiger partial charge < -0.3 is 9.64 Å². The van der Waals surface area contributed by atoms with Gasteiger partial charge in [-0.15, -0.1) is 0 Å². The van der Waals surface area contributed by atoms with Crippen LogP contribution in [0.2, 0.25) is 5.02 Å². The third-order valence-electron chi connectivity index (χ3n) is 3.41. The average molecular weight is 349 g/mol. The standard InChI is InChI=1S/C15H16ClF3N2O2/c1-2-23-14(22)10-5-6-11(15(17,18)19)13(12(10)16)20-9-21-7-3-4-8-21/h5-6,9H,2-4,7-8H2,1H3/b20-9+. The molecule has 1 aliphatic rings. The maximum atomic E-state index is 13.1. The van der Waals surface area contributed by atoms with E-state index in [4.69, 9.17) is 16.3 Å². The lowest BCUT2D eigenvalue weighted by Gasteiger charge is -2.15. The number of halogens is 4. The molecule has 0 amide bonds. The summed E-state index contributed by atoms with van der Waals surface area (Å²) in [5.41, 5.74) is -1.57. The molecule has 0 atom stereocenters. The maximum absolute atomic E-state index is 13.1. The Morgan fingerprint density at radius 3 is 2.61 bits per heavy atom. The van der Waals surface area contributed by atoms with E-state index in [2.05, 4.69) is 4.99 Å². The van der Waals surface area contributed by atoms with E-state index in [0.717, 1.165) is 38.1 Å². The summed E-state index contributed by atoms with van der Waals surface area (Å²) < 4.78 is 44.2. The first-order chi connectivity index (χ1) is 10.8. The lowest BCUT2D eigenvalue weighted by atomic mass is 10.1. The zero-order chi connectivity index (χ0) is 17.0. The molecule has 8 heteroatoms. The number of likely N-dealkylation sites (tertiary alicyclic amines) is 1. The van der Waals surface area contributed by atoms with Crippen LogP contribution >= 0.6 is 11.6 Å². The van der Waals surface area contributed by atoms with Crippen molar-refractivity contribution in [1.29, 1.82) is 0 Å². The Morgan fingerprint density at radius 2 is 2.04 bits per heavy atom. The van der Waals surface area contributed by atoms with Crippen molar-refractivity contribution in [2.45, 2.75) is 25.9 Å². The number of benzene rings is 1. The van der Waals surface area contributed by atoms with Crippen molar-refractivity contribution < 1.29 is 22.7 Å². The fourth-order valence-corrected chi connectivity index (χ4v) is 2.57. The minimum absolute atomic E-state index is 0.0998. The summed E-state index contributed by atoms with van der Waals surface area (Å²) in [4.78, 5) is 17.5. The Hall–Kier alpha value is -1.76. The summed E-state index contributed by atoms with van der Waals surface area (Å²) in [6, 6.07) is 1.81. The largest absolute Gasteiger partial charge is 0.462 e. The average Bonchev–Trinajstić information content (AvgIpc) is 2.98. The van der Waals surface area contributed by atoms with E-state index >= 15 is 0 Å². The number of aliphatic imine (C=N–C) groups is 1. The SMILES string of the molecule is CCOC(=O)c1ccc(C(F)(F)F)c(/N=C/N2CCCC2)c1Cl. The van der Waals surface area contributed by atoms with Crippen LogP contribution in [0.3, 0.4) is 0 Å². The fraction of sp³-hybridized carbons (Fsp3) is 0.467. The van der Waals surface area contributed by atoms with E-state index in [0.29, 0.717) is 0 Å². The molecule has 1 aromatic carbocycles. The first-order valence-corrected chi connectivity index (χ1v) is 7.57. The van der Waals surface area contributed by atoms with E-state index < -0.39 is 23.4 Å². The second-order valence-corrected chi connectivity index (χ2v) is 5.41. The normalized spacial score (nSPS) is 15.4. The van der Waals surface area contributed by atoms with Gasteiger partial charge in [-0.3, -0.25) is 0 Å². The molecule has 1 aliphatic heterocycles. The number of alkyl halides is 3. The van der Waals surface area contributed by atoms with E-state index in [1.165, 1.54) is 6.34 Å². The quantitative estimate of drug-likeness (QED) is 0.463. The number of hydrogen-bond donors (Lipinski definition) is 0. The minimum Gasteiger partial charge on any atom is -0.462 e. The van der Waals surface area contributed by atoms with Gasteiger partial charge in [-0.1, -0.05) is 11.6 Å². The Morgan fingerprint density at radius 1 is 1.39 bits per heavy atom. The van der Waals surface area contributed by atoms with Gasteiger partial charge in [0.05, 0.1) is 34.8 Å². The monoisotopic (exact) mass is 348 g/mol. The predicted octanol–water partition coefficient (Wildman–Crippen LogP) is 4.29. The molecule has 2 rings (SSSR count). The summed E-state index contributed by atoms with van der Waals surface area (Å²) in [6.07, 6.45) is -1.34. The molecule has 1 heterocycles. The van der Waals surface area contributed by atoms with Gasteiger partial charge in [0.2, 0.25) is 0 Å². The van der Waals surface area contributed by atoms with Crippen molar-refractivity contribution in [3.8, 4) is 0 Å². The van der Waals surface area contributed by atoms with Crippen LogP contribution < -0.4 is 0 Å². The zero-order valence-electron chi connectivity index (χ0n) is 12.5. The lowest BCUT2D eigenvalue weighted by Crippen LogP contribution is -2.16. The van der Waals surface area contributed by atoms with Crippen molar-refractivity contribution in [3.05, 3.63) is 28.3 Å². The van der Waals surface area contributed by atoms with Gasteiger partial charge in [0.25, 0.3) is 0 Å². The van der Waals surface area contributed by atoms with Crippen molar-refractivity contribution in [2.24, 2.45) is 4.99 Å². The van der Waals surface area contributed by atoms with Crippen LogP contribution in [0.25, 0.3) is 0 Å². The summed E-state index contributed by atoms with van der Waals surface area (Å²) in [7, 11) is 0. The third kappa shape index (κ3) is 4.16. The Kier molecular flexibility index (Phi) is 5.51. The molecule has 0 aromatic heterocycles. The Labute approximate surface area is 136 Å². The number of ether oxygens (including phenoxy) is 1. The summed E-state index contributed by atoms with van der Waals surface area (Å²) in [5, 5.41) is -0.353. The molecular formula is C15H16ClF3N2O2. The number of carbonyl (C=O) groups is 1. The second-order valence-electron chi connectivity index (χ2n) is 5.03. The molecule has 23 heavy (non-hydrogen) atoms. The zero-order valence-corrected chi connectivity index (χ0v) is 13.2. The molecule has 0 radical (unpaired) electrons. The Bertz CT molecular complexity index is 611. The summed E-state index contributed by atoms with van der Waals surface area (Å²) in [5.74, 6) is -0.774. The van der Waals surface area contributed by atoms with Crippen LogP contribution in [0.5, 0.6) is 0 Å². The molecule has 0 aliphatic carbocycles. The fourth-order valence-electron chi connectivity index (χ4n) is 2.28. The van der Waals surface area contributed by atoms with Gasteiger partial charge in [-0.2, -0.15) is 13.2 Å². The van der Waals surface area contributed by atoms with Crippen LogP contribution in [0.15, 0.2) is 17.1 Å². The van der Waals surface area contributed by atoms with Crippen molar-refractivity contribution in [2.75, 3.05) is 19.7 Å². The molecule has 1 saturated heterocycles. The number of nitrogens with zero attached hydrogens (tertiary/aromatic N) is 2. The molecule has 0 bridgehead atoms. The predicted molar refractivity (Wildman–Crippen MR) is 81.4 cm³/mol. The van der Waals surface area contributed by atoms with Gasteiger partial charge in [0.1, 0.15) is 0 Å². The topological polar surface area (TPSA) is 41.9 Å². The smallest absolute Gasteiger partial charge is 0.418 e. The van der Waals surface area contributed by atoms with Crippen molar-refractivity contribution in [3.63, 3.8) is 0 Å². The van der Waals surface area contributed by atoms with Gasteiger partial charge >= 0.3 is 12.1 Å². The first-order valence-electron chi connectivity index (χ1n) is 7.19. The van der Waals surface area contributed by atoms with Crippen LogP contribution in [0.4, 0.5) is 18.9 Å². The first kappa shape index (κ1) is 17.6. The molecule has 0 saturated carbocycles. The maximum Gasteiger partial charge on any atom is 0.418 e. The molecule has 4 nitrogen and oxygen atoms in total. The highest BCUT2D eigenvalue weighted by atomic mass is 35.5.